The van der Waals surface area contributed by atoms with Crippen LogP contribution >= 0.6 is 0 Å². The van der Waals surface area contributed by atoms with Crippen molar-refractivity contribution in [2.45, 2.75) is 51.5 Å². The molecular formula is C14H30N2O3S. The van der Waals surface area contributed by atoms with Crippen LogP contribution in [-0.4, -0.2) is 50.8 Å². The molecule has 0 spiro atoms. The van der Waals surface area contributed by atoms with Gasteiger partial charge in [0.1, 0.15) is 0 Å². The zero-order valence-corrected chi connectivity index (χ0v) is 13.9. The largest absolute Gasteiger partial charge is 0.385 e. The zero-order chi connectivity index (χ0) is 15.2. The van der Waals surface area contributed by atoms with Gasteiger partial charge in [0.05, 0.1) is 5.75 Å². The Morgan fingerprint density at radius 1 is 1.35 bits per heavy atom. The molecule has 1 aliphatic carbocycles. The zero-order valence-electron chi connectivity index (χ0n) is 13.1. The van der Waals surface area contributed by atoms with Crippen LogP contribution in [0.3, 0.4) is 0 Å². The van der Waals surface area contributed by atoms with Crippen LogP contribution in [0.5, 0.6) is 0 Å². The summed E-state index contributed by atoms with van der Waals surface area (Å²) in [6.45, 7) is 5.52. The van der Waals surface area contributed by atoms with E-state index in [9.17, 15) is 8.42 Å². The first-order chi connectivity index (χ1) is 9.41. The summed E-state index contributed by atoms with van der Waals surface area (Å²) in [5, 5.41) is 0. The average Bonchev–Trinajstić information content (AvgIpc) is 2.42. The second kappa shape index (κ2) is 7.73. The highest BCUT2D eigenvalue weighted by atomic mass is 32.2. The molecule has 0 aromatic rings. The maximum Gasteiger partial charge on any atom is 0.214 e. The maximum absolute atomic E-state index is 12.6. The molecule has 0 unspecified atom stereocenters. The number of rotatable bonds is 8. The van der Waals surface area contributed by atoms with Crippen molar-refractivity contribution in [1.29, 1.82) is 0 Å². The van der Waals surface area contributed by atoms with E-state index in [0.717, 1.165) is 25.7 Å². The second-order valence-electron chi connectivity index (χ2n) is 5.94. The molecule has 0 atom stereocenters. The molecule has 1 fully saturated rings. The van der Waals surface area contributed by atoms with E-state index in [1.165, 1.54) is 0 Å². The summed E-state index contributed by atoms with van der Waals surface area (Å²) in [5.74, 6) is 0.816. The Hall–Kier alpha value is -0.170. The van der Waals surface area contributed by atoms with E-state index < -0.39 is 10.0 Å². The first-order valence-corrected chi connectivity index (χ1v) is 9.22. The van der Waals surface area contributed by atoms with Crippen molar-refractivity contribution in [3.8, 4) is 0 Å². The van der Waals surface area contributed by atoms with Crippen molar-refractivity contribution in [3.05, 3.63) is 0 Å². The highest BCUT2D eigenvalue weighted by molar-refractivity contribution is 7.89. The molecule has 1 saturated carbocycles. The first kappa shape index (κ1) is 17.9. The lowest BCUT2D eigenvalue weighted by Crippen LogP contribution is -2.58. The molecule has 0 aliphatic heterocycles. The third-order valence-electron chi connectivity index (χ3n) is 4.49. The monoisotopic (exact) mass is 306 g/mol. The van der Waals surface area contributed by atoms with Crippen LogP contribution in [0.15, 0.2) is 0 Å². The van der Waals surface area contributed by atoms with Crippen LogP contribution in [0.1, 0.15) is 46.0 Å². The molecule has 2 N–H and O–H groups in total. The number of likely N-dealkylation sites (N-methyl/N-ethyl adjacent to an activating group) is 1. The van der Waals surface area contributed by atoms with E-state index in [2.05, 4.69) is 6.92 Å². The van der Waals surface area contributed by atoms with Gasteiger partial charge in [-0.05, 0) is 38.0 Å². The lowest BCUT2D eigenvalue weighted by molar-refractivity contribution is 0.119. The fraction of sp³-hybridized carbons (Fsp3) is 1.00. The smallest absolute Gasteiger partial charge is 0.214 e. The summed E-state index contributed by atoms with van der Waals surface area (Å²) < 4.78 is 31.8. The molecule has 0 aromatic heterocycles. The average molecular weight is 306 g/mol. The Labute approximate surface area is 123 Å². The molecule has 0 amide bonds. The normalized spacial score (nSPS) is 27.9. The molecule has 0 aromatic carbocycles. The molecular weight excluding hydrogens is 276 g/mol. The van der Waals surface area contributed by atoms with Crippen molar-refractivity contribution in [3.63, 3.8) is 0 Å². The molecule has 0 heterocycles. The molecule has 0 saturated heterocycles. The van der Waals surface area contributed by atoms with Crippen molar-refractivity contribution < 1.29 is 13.2 Å². The lowest BCUT2D eigenvalue weighted by atomic mass is 9.77. The van der Waals surface area contributed by atoms with E-state index in [1.807, 2.05) is 6.92 Å². The van der Waals surface area contributed by atoms with Gasteiger partial charge in [0.2, 0.25) is 10.0 Å². The second-order valence-corrected chi connectivity index (χ2v) is 7.95. The minimum Gasteiger partial charge on any atom is -0.385 e. The van der Waals surface area contributed by atoms with E-state index in [-0.39, 0.29) is 11.3 Å². The highest BCUT2D eigenvalue weighted by Crippen LogP contribution is 2.37. The van der Waals surface area contributed by atoms with Crippen LogP contribution in [-0.2, 0) is 14.8 Å². The van der Waals surface area contributed by atoms with Gasteiger partial charge in [-0.3, -0.25) is 0 Å². The SMILES string of the molecule is CCN(C1(CN)CCC(C)CC1)S(=O)(=O)CCCOC. The Morgan fingerprint density at radius 3 is 2.40 bits per heavy atom. The van der Waals surface area contributed by atoms with Gasteiger partial charge in [0.15, 0.2) is 0 Å². The number of hydrogen-bond donors (Lipinski definition) is 1. The van der Waals surface area contributed by atoms with E-state index >= 15 is 0 Å². The maximum atomic E-state index is 12.6. The predicted molar refractivity (Wildman–Crippen MR) is 82.1 cm³/mol. The van der Waals surface area contributed by atoms with Gasteiger partial charge in [-0.15, -0.1) is 0 Å². The molecule has 20 heavy (non-hydrogen) atoms. The molecule has 5 nitrogen and oxygen atoms in total. The fourth-order valence-corrected chi connectivity index (χ4v) is 5.12. The third kappa shape index (κ3) is 4.16. The van der Waals surface area contributed by atoms with Crippen LogP contribution in [0.2, 0.25) is 0 Å². The van der Waals surface area contributed by atoms with Gasteiger partial charge >= 0.3 is 0 Å². The number of nitrogens with zero attached hydrogens (tertiary/aromatic N) is 1. The van der Waals surface area contributed by atoms with Crippen molar-refractivity contribution in [1.82, 2.24) is 4.31 Å². The number of methoxy groups -OCH3 is 1. The minimum atomic E-state index is -3.26. The van der Waals surface area contributed by atoms with E-state index in [4.69, 9.17) is 10.5 Å². The molecule has 1 rings (SSSR count). The number of nitrogens with two attached hydrogens (primary N) is 1. The van der Waals surface area contributed by atoms with Crippen LogP contribution in [0, 0.1) is 5.92 Å². The highest BCUT2D eigenvalue weighted by Gasteiger charge is 2.43. The Kier molecular flexibility index (Phi) is 6.91. The summed E-state index contributed by atoms with van der Waals surface area (Å²) in [4.78, 5) is 0. The summed E-state index contributed by atoms with van der Waals surface area (Å²) in [5.41, 5.74) is 5.61. The fourth-order valence-electron chi connectivity index (χ4n) is 3.18. The van der Waals surface area contributed by atoms with Crippen LogP contribution < -0.4 is 5.73 Å². The van der Waals surface area contributed by atoms with Crippen molar-refractivity contribution in [2.24, 2.45) is 11.7 Å². The van der Waals surface area contributed by atoms with Gasteiger partial charge in [-0.2, -0.15) is 4.31 Å². The van der Waals surface area contributed by atoms with Gasteiger partial charge in [0.25, 0.3) is 0 Å². The standard InChI is InChI=1S/C14H30N2O3S/c1-4-16(20(17,18)11-5-10-19-3)14(12-15)8-6-13(2)7-9-14/h13H,4-12,15H2,1-3H3. The van der Waals surface area contributed by atoms with Crippen molar-refractivity contribution in [2.75, 3.05) is 32.6 Å². The van der Waals surface area contributed by atoms with Gasteiger partial charge in [0, 0.05) is 32.3 Å². The Bertz CT molecular complexity index is 376. The summed E-state index contributed by atoms with van der Waals surface area (Å²) >= 11 is 0. The summed E-state index contributed by atoms with van der Waals surface area (Å²) in [6.07, 6.45) is 4.40. The molecule has 1 aliphatic rings. The molecule has 120 valence electrons. The van der Waals surface area contributed by atoms with E-state index in [0.29, 0.717) is 32.0 Å². The molecule has 0 bridgehead atoms. The number of sulfonamides is 1. The first-order valence-electron chi connectivity index (χ1n) is 7.61. The molecule has 6 heteroatoms. The van der Waals surface area contributed by atoms with Gasteiger partial charge in [-0.1, -0.05) is 13.8 Å². The molecule has 0 radical (unpaired) electrons. The Balaban J connectivity index is 2.86. The van der Waals surface area contributed by atoms with Crippen molar-refractivity contribution >= 4 is 10.0 Å². The third-order valence-corrected chi connectivity index (χ3v) is 6.61. The Morgan fingerprint density at radius 2 is 1.95 bits per heavy atom. The topological polar surface area (TPSA) is 72.6 Å². The summed E-state index contributed by atoms with van der Waals surface area (Å²) in [6, 6.07) is 0. The lowest BCUT2D eigenvalue weighted by Gasteiger charge is -2.46. The van der Waals surface area contributed by atoms with Gasteiger partial charge < -0.3 is 10.5 Å². The number of ether oxygens (including phenoxy) is 1. The minimum absolute atomic E-state index is 0.145. The quantitative estimate of drug-likeness (QED) is 0.691. The number of hydrogen-bond acceptors (Lipinski definition) is 4. The van der Waals surface area contributed by atoms with Crippen LogP contribution in [0.25, 0.3) is 0 Å². The van der Waals surface area contributed by atoms with Gasteiger partial charge in [-0.25, -0.2) is 8.42 Å². The van der Waals surface area contributed by atoms with E-state index in [1.54, 1.807) is 11.4 Å². The summed E-state index contributed by atoms with van der Waals surface area (Å²) in [7, 11) is -1.67. The predicted octanol–water partition coefficient (Wildman–Crippen LogP) is 1.58. The van der Waals surface area contributed by atoms with Crippen LogP contribution in [0.4, 0.5) is 0 Å².